The minimum absolute atomic E-state index is 0.0267. The van der Waals surface area contributed by atoms with E-state index in [1.165, 1.54) is 0 Å². The monoisotopic (exact) mass is 265 g/mol. The Balaban J connectivity index is 1.73. The lowest BCUT2D eigenvalue weighted by Gasteiger charge is -2.33. The Morgan fingerprint density at radius 3 is 2.68 bits per heavy atom. The van der Waals surface area contributed by atoms with Crippen LogP contribution in [0.5, 0.6) is 0 Å². The van der Waals surface area contributed by atoms with Crippen molar-refractivity contribution in [3.63, 3.8) is 0 Å². The molecule has 1 unspecified atom stereocenters. The third-order valence-electron chi connectivity index (χ3n) is 4.51. The number of ether oxygens (including phenoxy) is 1. The first kappa shape index (κ1) is 13.1. The number of hydrogen-bond donors (Lipinski definition) is 1. The Bertz CT molecular complexity index is 418. The molecule has 2 heterocycles. The Morgan fingerprint density at radius 2 is 2.00 bits per heavy atom. The Hall–Kier alpha value is -0.940. The van der Waals surface area contributed by atoms with Crippen molar-refractivity contribution in [1.82, 2.24) is 10.1 Å². The molecular formula is C14H23N3O2. The second-order valence-corrected chi connectivity index (χ2v) is 6.15. The predicted molar refractivity (Wildman–Crippen MR) is 70.3 cm³/mol. The van der Waals surface area contributed by atoms with Crippen LogP contribution in [-0.2, 0) is 10.3 Å². The van der Waals surface area contributed by atoms with Gasteiger partial charge in [-0.05, 0) is 50.9 Å². The molecule has 1 aromatic rings. The average Bonchev–Trinajstić information content (AvgIpc) is 2.94. The van der Waals surface area contributed by atoms with Gasteiger partial charge in [0.1, 0.15) is 6.10 Å². The summed E-state index contributed by atoms with van der Waals surface area (Å²) < 4.78 is 11.1. The van der Waals surface area contributed by atoms with Crippen molar-refractivity contribution < 1.29 is 9.26 Å². The van der Waals surface area contributed by atoms with Crippen molar-refractivity contribution in [2.45, 2.75) is 63.5 Å². The maximum atomic E-state index is 6.46. The van der Waals surface area contributed by atoms with E-state index < -0.39 is 5.54 Å². The molecule has 19 heavy (non-hydrogen) atoms. The van der Waals surface area contributed by atoms with Crippen LogP contribution in [0.2, 0.25) is 0 Å². The van der Waals surface area contributed by atoms with Crippen molar-refractivity contribution in [3.05, 3.63) is 11.7 Å². The van der Waals surface area contributed by atoms with Gasteiger partial charge in [0.05, 0.1) is 5.54 Å². The van der Waals surface area contributed by atoms with Crippen LogP contribution in [0, 0.1) is 5.92 Å². The van der Waals surface area contributed by atoms with Gasteiger partial charge in [-0.2, -0.15) is 4.98 Å². The standard InChI is InChI=1S/C14H23N3O2/c1-10-5-7-14(15,8-6-10)13-16-12(19-17-13)11-4-2-3-9-18-11/h10-11H,2-9,15H2,1H3. The zero-order chi connectivity index (χ0) is 13.3. The van der Waals surface area contributed by atoms with E-state index in [9.17, 15) is 0 Å². The van der Waals surface area contributed by atoms with Gasteiger partial charge in [0.2, 0.25) is 0 Å². The van der Waals surface area contributed by atoms with Gasteiger partial charge >= 0.3 is 0 Å². The van der Waals surface area contributed by atoms with E-state index in [0.717, 1.165) is 57.5 Å². The van der Waals surface area contributed by atoms with Crippen molar-refractivity contribution in [2.75, 3.05) is 6.61 Å². The lowest BCUT2D eigenvalue weighted by molar-refractivity contribution is -0.00459. The molecule has 5 heteroatoms. The highest BCUT2D eigenvalue weighted by Gasteiger charge is 2.37. The van der Waals surface area contributed by atoms with Crippen LogP contribution >= 0.6 is 0 Å². The van der Waals surface area contributed by atoms with Gasteiger partial charge in [-0.3, -0.25) is 0 Å². The lowest BCUT2D eigenvalue weighted by Crippen LogP contribution is -2.41. The third kappa shape index (κ3) is 2.67. The number of aromatic nitrogens is 2. The summed E-state index contributed by atoms with van der Waals surface area (Å²) in [7, 11) is 0. The van der Waals surface area contributed by atoms with Gasteiger partial charge < -0.3 is 15.0 Å². The van der Waals surface area contributed by atoms with Gasteiger partial charge in [0.15, 0.2) is 5.82 Å². The molecule has 2 fully saturated rings. The highest BCUT2D eigenvalue weighted by atomic mass is 16.5. The normalized spacial score (nSPS) is 36.3. The van der Waals surface area contributed by atoms with Crippen LogP contribution < -0.4 is 5.73 Å². The summed E-state index contributed by atoms with van der Waals surface area (Å²) >= 11 is 0. The van der Waals surface area contributed by atoms with Crippen molar-refractivity contribution in [2.24, 2.45) is 11.7 Å². The van der Waals surface area contributed by atoms with E-state index in [4.69, 9.17) is 15.0 Å². The van der Waals surface area contributed by atoms with E-state index in [1.807, 2.05) is 0 Å². The third-order valence-corrected chi connectivity index (χ3v) is 4.51. The fourth-order valence-electron chi connectivity index (χ4n) is 3.00. The van der Waals surface area contributed by atoms with E-state index >= 15 is 0 Å². The van der Waals surface area contributed by atoms with Crippen LogP contribution in [0.3, 0.4) is 0 Å². The fraction of sp³-hybridized carbons (Fsp3) is 0.857. The average molecular weight is 265 g/mol. The Labute approximate surface area is 113 Å². The first-order valence-corrected chi connectivity index (χ1v) is 7.42. The van der Waals surface area contributed by atoms with Gasteiger partial charge in [0, 0.05) is 6.61 Å². The molecule has 1 saturated heterocycles. The topological polar surface area (TPSA) is 74.2 Å². The number of rotatable bonds is 2. The Kier molecular flexibility index (Phi) is 3.58. The molecule has 0 bridgehead atoms. The summed E-state index contributed by atoms with van der Waals surface area (Å²) in [5, 5.41) is 4.12. The zero-order valence-corrected chi connectivity index (χ0v) is 11.6. The summed E-state index contributed by atoms with van der Waals surface area (Å²) in [5.41, 5.74) is 6.06. The summed E-state index contributed by atoms with van der Waals surface area (Å²) in [6.45, 7) is 3.06. The predicted octanol–water partition coefficient (Wildman–Crippen LogP) is 2.68. The molecule has 1 aliphatic carbocycles. The van der Waals surface area contributed by atoms with E-state index in [-0.39, 0.29) is 6.10 Å². The quantitative estimate of drug-likeness (QED) is 0.889. The summed E-state index contributed by atoms with van der Waals surface area (Å²) in [5.74, 6) is 2.03. The van der Waals surface area contributed by atoms with Gasteiger partial charge in [-0.25, -0.2) is 0 Å². The summed E-state index contributed by atoms with van der Waals surface area (Å²) in [6, 6.07) is 0. The molecule has 1 aliphatic heterocycles. The SMILES string of the molecule is CC1CCC(N)(c2noc(C3CCCCO3)n2)CC1. The first-order valence-electron chi connectivity index (χ1n) is 7.42. The van der Waals surface area contributed by atoms with Crippen molar-refractivity contribution in [1.29, 1.82) is 0 Å². The first-order chi connectivity index (χ1) is 9.17. The molecule has 0 radical (unpaired) electrons. The molecule has 0 aromatic carbocycles. The molecule has 2 aliphatic rings. The number of nitrogens with zero attached hydrogens (tertiary/aromatic N) is 2. The van der Waals surface area contributed by atoms with Gasteiger partial charge in [0.25, 0.3) is 5.89 Å². The second-order valence-electron chi connectivity index (χ2n) is 6.15. The highest BCUT2D eigenvalue weighted by molar-refractivity contribution is 5.06. The lowest BCUT2D eigenvalue weighted by atomic mass is 9.77. The molecular weight excluding hydrogens is 242 g/mol. The summed E-state index contributed by atoms with van der Waals surface area (Å²) in [4.78, 5) is 4.53. The highest BCUT2D eigenvalue weighted by Crippen LogP contribution is 2.37. The largest absolute Gasteiger partial charge is 0.368 e. The maximum Gasteiger partial charge on any atom is 0.255 e. The minimum Gasteiger partial charge on any atom is -0.368 e. The van der Waals surface area contributed by atoms with Crippen LogP contribution in [0.4, 0.5) is 0 Å². The van der Waals surface area contributed by atoms with Crippen molar-refractivity contribution >= 4 is 0 Å². The number of hydrogen-bond acceptors (Lipinski definition) is 5. The van der Waals surface area contributed by atoms with Gasteiger partial charge in [-0.1, -0.05) is 12.1 Å². The van der Waals surface area contributed by atoms with Crippen LogP contribution in [0.1, 0.15) is 69.7 Å². The molecule has 3 rings (SSSR count). The minimum atomic E-state index is -0.400. The molecule has 106 valence electrons. The molecule has 0 spiro atoms. The van der Waals surface area contributed by atoms with Gasteiger partial charge in [-0.15, -0.1) is 0 Å². The second kappa shape index (κ2) is 5.21. The van der Waals surface area contributed by atoms with E-state index in [1.54, 1.807) is 0 Å². The fourth-order valence-corrected chi connectivity index (χ4v) is 3.00. The molecule has 1 atom stereocenters. The Morgan fingerprint density at radius 1 is 1.21 bits per heavy atom. The maximum absolute atomic E-state index is 6.46. The molecule has 5 nitrogen and oxygen atoms in total. The van der Waals surface area contributed by atoms with E-state index in [2.05, 4.69) is 17.1 Å². The van der Waals surface area contributed by atoms with Crippen LogP contribution in [-0.4, -0.2) is 16.7 Å². The molecule has 1 saturated carbocycles. The van der Waals surface area contributed by atoms with Crippen LogP contribution in [0.25, 0.3) is 0 Å². The summed E-state index contributed by atoms with van der Waals surface area (Å²) in [6.07, 6.45) is 7.39. The van der Waals surface area contributed by atoms with Crippen molar-refractivity contribution in [3.8, 4) is 0 Å². The number of nitrogens with two attached hydrogens (primary N) is 1. The zero-order valence-electron chi connectivity index (χ0n) is 11.6. The molecule has 1 aromatic heterocycles. The van der Waals surface area contributed by atoms with E-state index in [0.29, 0.717) is 11.7 Å². The molecule has 2 N–H and O–H groups in total. The smallest absolute Gasteiger partial charge is 0.255 e. The molecule has 0 amide bonds. The van der Waals surface area contributed by atoms with Crippen LogP contribution in [0.15, 0.2) is 4.52 Å².